The van der Waals surface area contributed by atoms with Gasteiger partial charge in [-0.3, -0.25) is 0 Å². The Bertz CT molecular complexity index is 499. The van der Waals surface area contributed by atoms with Gasteiger partial charge < -0.3 is 10.0 Å². The molecule has 0 spiro atoms. The molecule has 94 valence electrons. The summed E-state index contributed by atoms with van der Waals surface area (Å²) in [7, 11) is 0. The molecule has 1 aromatic rings. The summed E-state index contributed by atoms with van der Waals surface area (Å²) in [5.41, 5.74) is 0.609. The number of nitrogens with zero attached hydrogens (tertiary/aromatic N) is 3. The Kier molecular flexibility index (Phi) is 3.00. The van der Waals surface area contributed by atoms with Crippen LogP contribution in [-0.4, -0.2) is 28.3 Å². The highest BCUT2D eigenvalue weighted by atomic mass is 79.9. The molecule has 2 aliphatic rings. The van der Waals surface area contributed by atoms with Crippen molar-refractivity contribution in [2.24, 2.45) is 0 Å². The Hall–Kier alpha value is -1.12. The van der Waals surface area contributed by atoms with Crippen LogP contribution in [0.1, 0.15) is 31.2 Å². The van der Waals surface area contributed by atoms with Gasteiger partial charge in [0.05, 0.1) is 11.7 Å². The number of aliphatic hydroxyl groups is 1. The molecule has 5 heteroatoms. The molecule has 2 atom stereocenters. The molecule has 2 fully saturated rings. The molecule has 18 heavy (non-hydrogen) atoms. The van der Waals surface area contributed by atoms with E-state index in [4.69, 9.17) is 0 Å². The van der Waals surface area contributed by atoms with Crippen molar-refractivity contribution in [3.05, 3.63) is 22.3 Å². The van der Waals surface area contributed by atoms with E-state index in [1.807, 2.05) is 6.07 Å². The molecule has 2 aliphatic heterocycles. The lowest BCUT2D eigenvalue weighted by atomic mass is 9.99. The zero-order chi connectivity index (χ0) is 12.7. The van der Waals surface area contributed by atoms with Crippen molar-refractivity contribution in [3.8, 4) is 6.07 Å². The number of pyridine rings is 1. The Morgan fingerprint density at radius 2 is 2.06 bits per heavy atom. The highest BCUT2D eigenvalue weighted by Crippen LogP contribution is 2.39. The summed E-state index contributed by atoms with van der Waals surface area (Å²) in [6.45, 7) is 0. The van der Waals surface area contributed by atoms with Gasteiger partial charge in [-0.15, -0.1) is 0 Å². The second-order valence-corrected chi connectivity index (χ2v) is 5.97. The minimum Gasteiger partial charge on any atom is -0.393 e. The molecule has 1 aromatic heterocycles. The average Bonchev–Trinajstić information content (AvgIpc) is 2.62. The summed E-state index contributed by atoms with van der Waals surface area (Å²) in [6.07, 6.45) is 5.30. The molecule has 2 bridgehead atoms. The van der Waals surface area contributed by atoms with Crippen LogP contribution in [0.5, 0.6) is 0 Å². The van der Waals surface area contributed by atoms with Gasteiger partial charge >= 0.3 is 0 Å². The number of piperidine rings is 1. The summed E-state index contributed by atoms with van der Waals surface area (Å²) >= 11 is 3.34. The minimum atomic E-state index is -0.195. The van der Waals surface area contributed by atoms with Gasteiger partial charge in [-0.05, 0) is 47.7 Å². The fourth-order valence-corrected chi connectivity index (χ4v) is 3.55. The zero-order valence-corrected chi connectivity index (χ0v) is 11.5. The third kappa shape index (κ3) is 1.90. The first-order chi connectivity index (χ1) is 8.69. The number of nitriles is 1. The number of anilines is 1. The van der Waals surface area contributed by atoms with Crippen LogP contribution in [0.4, 0.5) is 5.82 Å². The smallest absolute Gasteiger partial charge is 0.147 e. The number of halogens is 1. The molecule has 2 saturated heterocycles. The predicted molar refractivity (Wildman–Crippen MR) is 71.2 cm³/mol. The summed E-state index contributed by atoms with van der Waals surface area (Å²) in [6, 6.07) is 4.70. The number of hydrogen-bond acceptors (Lipinski definition) is 4. The Morgan fingerprint density at radius 3 is 2.67 bits per heavy atom. The summed E-state index contributed by atoms with van der Waals surface area (Å²) in [5.74, 6) is 0.778. The van der Waals surface area contributed by atoms with Gasteiger partial charge in [0.25, 0.3) is 0 Å². The molecular formula is C13H14BrN3O. The third-order valence-corrected chi connectivity index (χ3v) is 4.34. The summed E-state index contributed by atoms with van der Waals surface area (Å²) < 4.78 is 0.826. The molecule has 0 amide bonds. The van der Waals surface area contributed by atoms with Crippen LogP contribution in [-0.2, 0) is 0 Å². The van der Waals surface area contributed by atoms with Crippen LogP contribution in [0.2, 0.25) is 0 Å². The lowest BCUT2D eigenvalue weighted by molar-refractivity contribution is 0.126. The van der Waals surface area contributed by atoms with E-state index >= 15 is 0 Å². The molecule has 0 aromatic carbocycles. The third-order valence-electron chi connectivity index (χ3n) is 3.91. The topological polar surface area (TPSA) is 60.2 Å². The maximum atomic E-state index is 9.81. The first-order valence-electron chi connectivity index (χ1n) is 6.21. The van der Waals surface area contributed by atoms with Crippen molar-refractivity contribution in [2.75, 3.05) is 4.90 Å². The summed E-state index contributed by atoms with van der Waals surface area (Å²) in [5, 5.41) is 19.0. The fourth-order valence-electron chi connectivity index (χ4n) is 3.21. The van der Waals surface area contributed by atoms with E-state index in [2.05, 4.69) is 31.9 Å². The zero-order valence-electron chi connectivity index (χ0n) is 9.88. The maximum absolute atomic E-state index is 9.81. The number of fused-ring (bicyclic) bond motifs is 2. The maximum Gasteiger partial charge on any atom is 0.147 e. The lowest BCUT2D eigenvalue weighted by Crippen LogP contribution is -2.45. The SMILES string of the molecule is N#Cc1cc(Br)cnc1N1C2CCC1CC(O)C2. The fraction of sp³-hybridized carbons (Fsp3) is 0.538. The quantitative estimate of drug-likeness (QED) is 0.864. The monoisotopic (exact) mass is 307 g/mol. The number of aliphatic hydroxyl groups excluding tert-OH is 1. The van der Waals surface area contributed by atoms with Crippen molar-refractivity contribution in [1.82, 2.24) is 4.98 Å². The van der Waals surface area contributed by atoms with Crippen molar-refractivity contribution in [1.29, 1.82) is 5.26 Å². The largest absolute Gasteiger partial charge is 0.393 e. The normalized spacial score (nSPS) is 30.3. The van der Waals surface area contributed by atoms with Crippen molar-refractivity contribution in [3.63, 3.8) is 0 Å². The molecule has 3 heterocycles. The standard InChI is InChI=1S/C13H14BrN3O/c14-9-3-8(6-15)13(16-7-9)17-10-1-2-11(17)5-12(18)4-10/h3,7,10-12,18H,1-2,4-5H2. The molecule has 1 N–H and O–H groups in total. The van der Waals surface area contributed by atoms with Crippen molar-refractivity contribution in [2.45, 2.75) is 43.9 Å². The van der Waals surface area contributed by atoms with Gasteiger partial charge in [-0.25, -0.2) is 4.98 Å². The predicted octanol–water partition coefficient (Wildman–Crippen LogP) is 2.21. The first kappa shape index (κ1) is 11.9. The van der Waals surface area contributed by atoms with Gasteiger partial charge in [0, 0.05) is 22.8 Å². The van der Waals surface area contributed by atoms with Gasteiger partial charge in [-0.1, -0.05) is 0 Å². The van der Waals surface area contributed by atoms with Gasteiger partial charge in [-0.2, -0.15) is 5.26 Å². The van der Waals surface area contributed by atoms with E-state index in [0.717, 1.165) is 36.0 Å². The highest BCUT2D eigenvalue weighted by Gasteiger charge is 2.41. The number of aromatic nitrogens is 1. The van der Waals surface area contributed by atoms with E-state index in [-0.39, 0.29) is 6.10 Å². The van der Waals surface area contributed by atoms with E-state index in [1.165, 1.54) is 0 Å². The van der Waals surface area contributed by atoms with Crippen LogP contribution < -0.4 is 4.90 Å². The summed E-state index contributed by atoms with van der Waals surface area (Å²) in [4.78, 5) is 6.66. The van der Waals surface area contributed by atoms with E-state index in [0.29, 0.717) is 17.6 Å². The second kappa shape index (κ2) is 4.52. The Morgan fingerprint density at radius 1 is 1.39 bits per heavy atom. The Balaban J connectivity index is 1.99. The molecule has 4 nitrogen and oxygen atoms in total. The van der Waals surface area contributed by atoms with E-state index in [9.17, 15) is 10.4 Å². The van der Waals surface area contributed by atoms with Crippen LogP contribution >= 0.6 is 15.9 Å². The molecule has 0 aliphatic carbocycles. The van der Waals surface area contributed by atoms with Crippen LogP contribution in [0, 0.1) is 11.3 Å². The van der Waals surface area contributed by atoms with E-state index < -0.39 is 0 Å². The minimum absolute atomic E-state index is 0.195. The first-order valence-corrected chi connectivity index (χ1v) is 7.00. The second-order valence-electron chi connectivity index (χ2n) is 5.05. The van der Waals surface area contributed by atoms with E-state index in [1.54, 1.807) is 6.20 Å². The van der Waals surface area contributed by atoms with Crippen LogP contribution in [0.3, 0.4) is 0 Å². The lowest BCUT2D eigenvalue weighted by Gasteiger charge is -2.38. The van der Waals surface area contributed by atoms with Gasteiger partial charge in [0.2, 0.25) is 0 Å². The number of rotatable bonds is 1. The molecule has 3 rings (SSSR count). The van der Waals surface area contributed by atoms with Gasteiger partial charge in [0.1, 0.15) is 11.9 Å². The number of hydrogen-bond donors (Lipinski definition) is 1. The molecule has 0 radical (unpaired) electrons. The Labute approximate surface area is 114 Å². The molecule has 2 unspecified atom stereocenters. The molecular weight excluding hydrogens is 294 g/mol. The average molecular weight is 308 g/mol. The van der Waals surface area contributed by atoms with Crippen molar-refractivity contribution < 1.29 is 5.11 Å². The van der Waals surface area contributed by atoms with Gasteiger partial charge in [0.15, 0.2) is 0 Å². The highest BCUT2D eigenvalue weighted by molar-refractivity contribution is 9.10. The van der Waals surface area contributed by atoms with Crippen molar-refractivity contribution >= 4 is 21.7 Å². The van der Waals surface area contributed by atoms with Crippen LogP contribution in [0.15, 0.2) is 16.7 Å². The van der Waals surface area contributed by atoms with Crippen LogP contribution in [0.25, 0.3) is 0 Å². The molecule has 0 saturated carbocycles.